The van der Waals surface area contributed by atoms with Crippen molar-refractivity contribution in [2.75, 3.05) is 0 Å². The van der Waals surface area contributed by atoms with Crippen molar-refractivity contribution in [3.8, 4) is 0 Å². The first-order valence-corrected chi connectivity index (χ1v) is 9.62. The van der Waals surface area contributed by atoms with Gasteiger partial charge in [0.1, 0.15) is 0 Å². The molecule has 3 heterocycles. The van der Waals surface area contributed by atoms with Crippen molar-refractivity contribution in [1.82, 2.24) is 4.98 Å². The van der Waals surface area contributed by atoms with Gasteiger partial charge in [0.15, 0.2) is 0 Å². The molecule has 0 amide bonds. The summed E-state index contributed by atoms with van der Waals surface area (Å²) in [6.45, 7) is 0. The van der Waals surface area contributed by atoms with Crippen LogP contribution in [-0.4, -0.2) is 19.5 Å². The van der Waals surface area contributed by atoms with Gasteiger partial charge in [-0.15, -0.1) is 0 Å². The monoisotopic (exact) mass is 373 g/mol. The van der Waals surface area contributed by atoms with E-state index in [-0.39, 0.29) is 14.5 Å². The van der Waals surface area contributed by atoms with Gasteiger partial charge in [-0.25, -0.2) is 0 Å². The second-order valence-electron chi connectivity index (χ2n) is 6.04. The summed E-state index contributed by atoms with van der Waals surface area (Å²) in [6.07, 6.45) is 0. The molecule has 24 heavy (non-hydrogen) atoms. The second kappa shape index (κ2) is 4.47. The third-order valence-electron chi connectivity index (χ3n) is 4.65. The molecule has 0 radical (unpaired) electrons. The Hall–Kier alpha value is -2.61. The normalized spacial score (nSPS) is 12.2. The third-order valence-corrected chi connectivity index (χ3v) is 6.94. The average molecular weight is 372 g/mol. The van der Waals surface area contributed by atoms with Crippen LogP contribution < -0.4 is 0 Å². The van der Waals surface area contributed by atoms with E-state index in [1.54, 1.807) is 0 Å². The number of para-hydroxylation sites is 1. The minimum absolute atomic E-state index is 0.210. The Kier molecular flexibility index (Phi) is 2.38. The van der Waals surface area contributed by atoms with Gasteiger partial charge in [-0.2, -0.15) is 0 Å². The van der Waals surface area contributed by atoms with Gasteiger partial charge in [-0.1, -0.05) is 0 Å². The van der Waals surface area contributed by atoms with Gasteiger partial charge in [-0.3, -0.25) is 0 Å². The van der Waals surface area contributed by atoms with Crippen molar-refractivity contribution in [2.24, 2.45) is 0 Å². The molecular weight excluding hydrogens is 361 g/mol. The molecule has 112 valence electrons. The van der Waals surface area contributed by atoms with Crippen LogP contribution >= 0.6 is 0 Å². The zero-order chi connectivity index (χ0) is 15.7. The fraction of sp³-hybridized carbons (Fsp3) is 0. The number of benzene rings is 3. The molecule has 0 aliphatic carbocycles. The molecule has 0 spiro atoms. The quantitative estimate of drug-likeness (QED) is 0.329. The van der Waals surface area contributed by atoms with Gasteiger partial charge < -0.3 is 0 Å². The predicted molar refractivity (Wildman–Crippen MR) is 101 cm³/mol. The Balaban J connectivity index is 2.04. The summed E-state index contributed by atoms with van der Waals surface area (Å²) >= 11 is 0.210. The molecule has 3 aromatic carbocycles. The SMILES string of the molecule is c1ccc2nc3c(cc2c1)[se]c1cccc2oc4cccc3c4c21. The van der Waals surface area contributed by atoms with Crippen molar-refractivity contribution < 1.29 is 4.42 Å². The molecule has 0 atom stereocenters. The van der Waals surface area contributed by atoms with Gasteiger partial charge in [0, 0.05) is 0 Å². The predicted octanol–water partition coefficient (Wildman–Crippen LogP) is 5.50. The number of furan rings is 1. The number of nitrogens with zero attached hydrogens (tertiary/aromatic N) is 1. The van der Waals surface area contributed by atoms with Crippen molar-refractivity contribution >= 4 is 66.8 Å². The molecule has 3 heteroatoms. The summed E-state index contributed by atoms with van der Waals surface area (Å²) in [5.74, 6) is 0. The maximum atomic E-state index is 6.09. The first kappa shape index (κ1) is 12.8. The molecule has 2 nitrogen and oxygen atoms in total. The number of rotatable bonds is 0. The van der Waals surface area contributed by atoms with E-state index in [1.165, 1.54) is 30.1 Å². The molecule has 6 rings (SSSR count). The van der Waals surface area contributed by atoms with E-state index < -0.39 is 0 Å². The number of pyridine rings is 1. The van der Waals surface area contributed by atoms with Crippen molar-refractivity contribution in [3.63, 3.8) is 0 Å². The number of aromatic nitrogens is 1. The van der Waals surface area contributed by atoms with Crippen LogP contribution in [-0.2, 0) is 0 Å². The van der Waals surface area contributed by atoms with Gasteiger partial charge in [0.05, 0.1) is 0 Å². The van der Waals surface area contributed by atoms with E-state index >= 15 is 0 Å². The van der Waals surface area contributed by atoms with Crippen LogP contribution in [0.3, 0.4) is 0 Å². The van der Waals surface area contributed by atoms with Gasteiger partial charge in [0.25, 0.3) is 0 Å². The summed E-state index contributed by atoms with van der Waals surface area (Å²) in [6, 6.07) is 23.4. The van der Waals surface area contributed by atoms with Crippen molar-refractivity contribution in [3.05, 3.63) is 66.7 Å². The molecule has 0 unspecified atom stereocenters. The fourth-order valence-corrected chi connectivity index (χ4v) is 5.97. The first-order valence-electron chi connectivity index (χ1n) is 7.91. The fourth-order valence-electron chi connectivity index (χ4n) is 3.60. The molecule has 0 saturated heterocycles. The molecule has 6 aromatic rings. The van der Waals surface area contributed by atoms with Crippen LogP contribution in [0.4, 0.5) is 0 Å². The molecule has 0 aliphatic rings. The molecule has 0 bridgehead atoms. The summed E-state index contributed by atoms with van der Waals surface area (Å²) < 4.78 is 8.82. The molecule has 0 N–H and O–H groups in total. The molecular formula is C21H11NOSe. The Morgan fingerprint density at radius 2 is 1.58 bits per heavy atom. The van der Waals surface area contributed by atoms with E-state index in [2.05, 4.69) is 66.7 Å². The van der Waals surface area contributed by atoms with Gasteiger partial charge in [-0.05, 0) is 0 Å². The molecule has 3 aromatic heterocycles. The molecule has 0 saturated carbocycles. The van der Waals surface area contributed by atoms with Crippen LogP contribution in [0.15, 0.2) is 71.1 Å². The zero-order valence-electron chi connectivity index (χ0n) is 12.6. The summed E-state index contributed by atoms with van der Waals surface area (Å²) in [7, 11) is 0. The van der Waals surface area contributed by atoms with Gasteiger partial charge >= 0.3 is 143 Å². The summed E-state index contributed by atoms with van der Waals surface area (Å²) in [5.41, 5.74) is 4.09. The van der Waals surface area contributed by atoms with Crippen LogP contribution in [0.25, 0.3) is 52.3 Å². The Labute approximate surface area is 143 Å². The number of hydrogen-bond acceptors (Lipinski definition) is 2. The average Bonchev–Trinajstić information content (AvgIpc) is 2.94. The Morgan fingerprint density at radius 1 is 0.750 bits per heavy atom. The topological polar surface area (TPSA) is 26.0 Å². The van der Waals surface area contributed by atoms with E-state index in [0.717, 1.165) is 22.2 Å². The van der Waals surface area contributed by atoms with E-state index in [9.17, 15) is 0 Å². The van der Waals surface area contributed by atoms with Crippen LogP contribution in [0.1, 0.15) is 0 Å². The molecule has 0 aliphatic heterocycles. The standard InChI is InChI=1S/C21H11NOSe/c1-2-7-14-12(5-1)11-18-21(22-14)13-6-3-8-15-19(13)20-16(23-15)9-4-10-17(20)24-18/h1-11H. The van der Waals surface area contributed by atoms with Crippen molar-refractivity contribution in [2.45, 2.75) is 0 Å². The van der Waals surface area contributed by atoms with Crippen LogP contribution in [0.5, 0.6) is 0 Å². The first-order chi connectivity index (χ1) is 11.9. The van der Waals surface area contributed by atoms with Crippen molar-refractivity contribution in [1.29, 1.82) is 0 Å². The third kappa shape index (κ3) is 1.58. The Morgan fingerprint density at radius 3 is 2.54 bits per heavy atom. The summed E-state index contributed by atoms with van der Waals surface area (Å²) in [4.78, 5) is 5.02. The number of hydrogen-bond donors (Lipinski definition) is 0. The Bertz CT molecular complexity index is 1410. The zero-order valence-corrected chi connectivity index (χ0v) is 14.3. The van der Waals surface area contributed by atoms with Crippen LogP contribution in [0.2, 0.25) is 0 Å². The molecule has 0 fully saturated rings. The maximum absolute atomic E-state index is 6.09. The van der Waals surface area contributed by atoms with Crippen LogP contribution in [0, 0.1) is 0 Å². The second-order valence-corrected chi connectivity index (χ2v) is 8.31. The minimum atomic E-state index is 0.210. The van der Waals surface area contributed by atoms with E-state index in [4.69, 9.17) is 9.40 Å². The van der Waals surface area contributed by atoms with E-state index in [0.29, 0.717) is 0 Å². The number of fused-ring (bicyclic) bond motifs is 3. The van der Waals surface area contributed by atoms with E-state index in [1.807, 2.05) is 0 Å². The van der Waals surface area contributed by atoms with Gasteiger partial charge in [0.2, 0.25) is 0 Å². The summed E-state index contributed by atoms with van der Waals surface area (Å²) in [5, 5.41) is 4.89.